The predicted molar refractivity (Wildman–Crippen MR) is 113 cm³/mol. The van der Waals surface area contributed by atoms with Crippen LogP contribution in [0, 0.1) is 24.5 Å². The molecule has 0 unspecified atom stereocenters. The standard InChI is InChI=1S/C23H25F2NO5S/c1-14-12-17(24)4-7-20(14)32(29,30)26-10-8-15(9-11-26)13-31-19-6-5-18(23(27)28)22(25)21(19)16-2-3-16/h4-7,12,15-16H,2-3,8-11,13H2,1H3,(H,27,28). The van der Waals surface area contributed by atoms with Crippen LogP contribution in [0.3, 0.4) is 0 Å². The number of rotatable bonds is 7. The van der Waals surface area contributed by atoms with Gasteiger partial charge < -0.3 is 9.84 Å². The van der Waals surface area contributed by atoms with Gasteiger partial charge in [0.05, 0.1) is 17.1 Å². The lowest BCUT2D eigenvalue weighted by Gasteiger charge is -2.31. The topological polar surface area (TPSA) is 83.9 Å². The molecule has 0 bridgehead atoms. The van der Waals surface area contributed by atoms with Crippen molar-refractivity contribution in [2.45, 2.75) is 43.4 Å². The molecule has 0 amide bonds. The Balaban J connectivity index is 1.40. The van der Waals surface area contributed by atoms with E-state index >= 15 is 0 Å². The Hall–Kier alpha value is -2.52. The van der Waals surface area contributed by atoms with Crippen LogP contribution in [-0.4, -0.2) is 43.5 Å². The average molecular weight is 466 g/mol. The number of carboxylic acid groups (broad SMARTS) is 1. The quantitative estimate of drug-likeness (QED) is 0.658. The molecule has 1 aliphatic carbocycles. The zero-order valence-corrected chi connectivity index (χ0v) is 18.5. The number of sulfonamides is 1. The number of halogens is 2. The van der Waals surface area contributed by atoms with E-state index in [0.29, 0.717) is 49.4 Å². The SMILES string of the molecule is Cc1cc(F)ccc1S(=O)(=O)N1CCC(COc2ccc(C(=O)O)c(F)c2C2CC2)CC1. The maximum absolute atomic E-state index is 14.7. The van der Waals surface area contributed by atoms with Crippen molar-refractivity contribution in [1.29, 1.82) is 0 Å². The minimum atomic E-state index is -3.71. The van der Waals surface area contributed by atoms with Gasteiger partial charge in [0.2, 0.25) is 10.0 Å². The summed E-state index contributed by atoms with van der Waals surface area (Å²) in [6.45, 7) is 2.50. The summed E-state index contributed by atoms with van der Waals surface area (Å²) in [5, 5.41) is 9.17. The van der Waals surface area contributed by atoms with Gasteiger partial charge in [0.1, 0.15) is 17.4 Å². The molecule has 2 aromatic rings. The molecule has 1 saturated heterocycles. The van der Waals surface area contributed by atoms with Crippen molar-refractivity contribution in [1.82, 2.24) is 4.31 Å². The van der Waals surface area contributed by atoms with Gasteiger partial charge in [0.15, 0.2) is 0 Å². The summed E-state index contributed by atoms with van der Waals surface area (Å²) >= 11 is 0. The van der Waals surface area contributed by atoms with Crippen LogP contribution in [0.1, 0.15) is 53.1 Å². The molecule has 2 aliphatic rings. The molecule has 32 heavy (non-hydrogen) atoms. The van der Waals surface area contributed by atoms with Gasteiger partial charge in [0, 0.05) is 18.7 Å². The summed E-state index contributed by atoms with van der Waals surface area (Å²) in [6, 6.07) is 6.38. The summed E-state index contributed by atoms with van der Waals surface area (Å²) in [5.74, 6) is -2.07. The van der Waals surface area contributed by atoms with Gasteiger partial charge in [-0.1, -0.05) is 0 Å². The van der Waals surface area contributed by atoms with Gasteiger partial charge >= 0.3 is 5.97 Å². The van der Waals surface area contributed by atoms with E-state index in [1.165, 1.54) is 28.6 Å². The van der Waals surface area contributed by atoms with Gasteiger partial charge in [-0.25, -0.2) is 22.0 Å². The second-order valence-electron chi connectivity index (χ2n) is 8.49. The molecule has 9 heteroatoms. The summed E-state index contributed by atoms with van der Waals surface area (Å²) in [6.07, 6.45) is 2.76. The Bertz CT molecular complexity index is 1140. The third-order valence-corrected chi connectivity index (χ3v) is 8.22. The van der Waals surface area contributed by atoms with Crippen LogP contribution < -0.4 is 4.74 Å². The normalized spacial score (nSPS) is 18.0. The maximum Gasteiger partial charge on any atom is 0.338 e. The summed E-state index contributed by atoms with van der Waals surface area (Å²) < 4.78 is 61.2. The highest BCUT2D eigenvalue weighted by Gasteiger charge is 2.34. The molecule has 6 nitrogen and oxygen atoms in total. The first-order valence-electron chi connectivity index (χ1n) is 10.6. The van der Waals surface area contributed by atoms with Gasteiger partial charge in [-0.3, -0.25) is 0 Å². The minimum Gasteiger partial charge on any atom is -0.493 e. The van der Waals surface area contributed by atoms with E-state index in [4.69, 9.17) is 9.84 Å². The Labute approximate surface area is 185 Å². The zero-order valence-electron chi connectivity index (χ0n) is 17.7. The lowest BCUT2D eigenvalue weighted by molar-refractivity contribution is 0.0691. The number of nitrogens with zero attached hydrogens (tertiary/aromatic N) is 1. The highest BCUT2D eigenvalue weighted by Crippen LogP contribution is 2.46. The lowest BCUT2D eigenvalue weighted by atomic mass is 9.99. The first-order valence-corrected chi connectivity index (χ1v) is 12.1. The molecule has 4 rings (SSSR count). The minimum absolute atomic E-state index is 0.0183. The van der Waals surface area contributed by atoms with Gasteiger partial charge in [-0.2, -0.15) is 4.31 Å². The van der Waals surface area contributed by atoms with Crippen molar-refractivity contribution in [3.8, 4) is 5.75 Å². The van der Waals surface area contributed by atoms with E-state index in [2.05, 4.69) is 0 Å². The number of piperidine rings is 1. The largest absolute Gasteiger partial charge is 0.493 e. The molecule has 172 valence electrons. The fraction of sp³-hybridized carbons (Fsp3) is 0.435. The van der Waals surface area contributed by atoms with Crippen molar-refractivity contribution in [2.24, 2.45) is 5.92 Å². The highest BCUT2D eigenvalue weighted by molar-refractivity contribution is 7.89. The molecule has 0 radical (unpaired) electrons. The number of ether oxygens (including phenoxy) is 1. The van der Waals surface area contributed by atoms with Crippen molar-refractivity contribution in [2.75, 3.05) is 19.7 Å². The Kier molecular flexibility index (Phi) is 6.22. The smallest absolute Gasteiger partial charge is 0.338 e. The van der Waals surface area contributed by atoms with E-state index < -0.39 is 27.6 Å². The molecule has 2 fully saturated rings. The molecule has 1 N–H and O–H groups in total. The molecular weight excluding hydrogens is 440 g/mol. The number of aryl methyl sites for hydroxylation is 1. The predicted octanol–water partition coefficient (Wildman–Crippen LogP) is 4.33. The summed E-state index contributed by atoms with van der Waals surface area (Å²) in [7, 11) is -3.71. The lowest BCUT2D eigenvalue weighted by Crippen LogP contribution is -2.39. The molecule has 0 spiro atoms. The number of hydrogen-bond acceptors (Lipinski definition) is 4. The van der Waals surface area contributed by atoms with Crippen molar-refractivity contribution in [3.05, 3.63) is 58.7 Å². The summed E-state index contributed by atoms with van der Waals surface area (Å²) in [5.41, 5.74) is 0.348. The number of carboxylic acids is 1. The van der Waals surface area contributed by atoms with Crippen LogP contribution in [0.2, 0.25) is 0 Å². The molecular formula is C23H25F2NO5S. The first-order chi connectivity index (χ1) is 15.2. The monoisotopic (exact) mass is 465 g/mol. The maximum atomic E-state index is 14.7. The second kappa shape index (κ2) is 8.78. The van der Waals surface area contributed by atoms with Crippen LogP contribution in [0.15, 0.2) is 35.2 Å². The van der Waals surface area contributed by atoms with Gasteiger partial charge in [0.25, 0.3) is 0 Å². The number of carbonyl (C=O) groups is 1. The van der Waals surface area contributed by atoms with Crippen LogP contribution in [-0.2, 0) is 10.0 Å². The zero-order chi connectivity index (χ0) is 23.0. The fourth-order valence-corrected chi connectivity index (χ4v) is 5.86. The Morgan fingerprint density at radius 2 is 1.81 bits per heavy atom. The number of hydrogen-bond donors (Lipinski definition) is 1. The van der Waals surface area contributed by atoms with E-state index in [1.807, 2.05) is 0 Å². The van der Waals surface area contributed by atoms with Crippen molar-refractivity contribution >= 4 is 16.0 Å². The first kappa shape index (κ1) is 22.7. The second-order valence-corrected chi connectivity index (χ2v) is 10.4. The van der Waals surface area contributed by atoms with Crippen LogP contribution in [0.25, 0.3) is 0 Å². The molecule has 1 saturated carbocycles. The summed E-state index contributed by atoms with van der Waals surface area (Å²) in [4.78, 5) is 11.3. The Morgan fingerprint density at radius 1 is 1.12 bits per heavy atom. The molecule has 0 aromatic heterocycles. The van der Waals surface area contributed by atoms with Crippen LogP contribution in [0.4, 0.5) is 8.78 Å². The van der Waals surface area contributed by atoms with E-state index in [0.717, 1.165) is 18.9 Å². The molecule has 1 heterocycles. The Morgan fingerprint density at radius 3 is 2.41 bits per heavy atom. The van der Waals surface area contributed by atoms with E-state index in [1.54, 1.807) is 6.92 Å². The average Bonchev–Trinajstić information content (AvgIpc) is 3.57. The molecule has 0 atom stereocenters. The highest BCUT2D eigenvalue weighted by atomic mass is 32.2. The van der Waals surface area contributed by atoms with Gasteiger partial charge in [-0.15, -0.1) is 0 Å². The van der Waals surface area contributed by atoms with E-state index in [9.17, 15) is 22.0 Å². The third kappa shape index (κ3) is 4.49. The van der Waals surface area contributed by atoms with Crippen LogP contribution in [0.5, 0.6) is 5.75 Å². The van der Waals surface area contributed by atoms with Crippen molar-refractivity contribution in [3.63, 3.8) is 0 Å². The van der Waals surface area contributed by atoms with Crippen molar-refractivity contribution < 1.29 is 31.8 Å². The molecule has 2 aromatic carbocycles. The molecule has 1 aliphatic heterocycles. The third-order valence-electron chi connectivity index (χ3n) is 6.16. The van der Waals surface area contributed by atoms with Gasteiger partial charge in [-0.05, 0) is 80.3 Å². The number of benzene rings is 2. The number of aromatic carboxylic acids is 1. The van der Waals surface area contributed by atoms with Crippen LogP contribution >= 0.6 is 0 Å². The fourth-order valence-electron chi connectivity index (χ4n) is 4.18. The van der Waals surface area contributed by atoms with E-state index in [-0.39, 0.29) is 22.3 Å².